The molecule has 0 aliphatic carbocycles. The molecule has 0 saturated carbocycles. The van der Waals surface area contributed by atoms with E-state index in [1.165, 1.54) is 19.2 Å². The molecule has 2 aromatic rings. The molecule has 4 N–H and O–H groups in total. The second-order valence-electron chi connectivity index (χ2n) is 12.8. The van der Waals surface area contributed by atoms with Gasteiger partial charge in [-0.1, -0.05) is 49.6 Å². The summed E-state index contributed by atoms with van der Waals surface area (Å²) in [5, 5.41) is 9.38. The molecule has 0 bridgehead atoms. The fraction of sp³-hybridized carbons (Fsp3) is 0.543. The van der Waals surface area contributed by atoms with Crippen LogP contribution in [0.15, 0.2) is 42.5 Å². The van der Waals surface area contributed by atoms with E-state index in [0.717, 1.165) is 5.56 Å². The van der Waals surface area contributed by atoms with Crippen molar-refractivity contribution in [2.24, 2.45) is 11.8 Å². The van der Waals surface area contributed by atoms with Crippen LogP contribution in [0.2, 0.25) is 5.02 Å². The quantitative estimate of drug-likeness (QED) is 0.256. The van der Waals surface area contributed by atoms with Gasteiger partial charge in [0.15, 0.2) is 0 Å². The van der Waals surface area contributed by atoms with Gasteiger partial charge in [0.2, 0.25) is 15.9 Å². The summed E-state index contributed by atoms with van der Waals surface area (Å²) < 4.78 is 54.4. The minimum Gasteiger partial charge on any atom is -0.453 e. The Bertz CT molecular complexity index is 1550. The van der Waals surface area contributed by atoms with E-state index in [1.54, 1.807) is 18.2 Å². The Morgan fingerprint density at radius 2 is 1.94 bits per heavy atom. The highest BCUT2D eigenvalue weighted by atomic mass is 35.5. The summed E-state index contributed by atoms with van der Waals surface area (Å²) in [6, 6.07) is 9.61. The molecular weight excluding hydrogens is 659 g/mol. The van der Waals surface area contributed by atoms with Gasteiger partial charge in [-0.25, -0.2) is 22.3 Å². The van der Waals surface area contributed by atoms with E-state index in [9.17, 15) is 18.0 Å². The maximum atomic E-state index is 15.4. The van der Waals surface area contributed by atoms with Gasteiger partial charge in [0, 0.05) is 41.4 Å². The van der Waals surface area contributed by atoms with Crippen LogP contribution in [0.3, 0.4) is 0 Å². The van der Waals surface area contributed by atoms with Gasteiger partial charge >= 0.3 is 6.09 Å². The number of terminal acetylenes is 1. The fourth-order valence-electron chi connectivity index (χ4n) is 6.55. The monoisotopic (exact) mass is 704 g/mol. The molecule has 2 aromatic carbocycles. The Balaban J connectivity index is 1.63. The third-order valence-electron chi connectivity index (χ3n) is 9.15. The normalized spacial score (nSPS) is 24.2. The second-order valence-corrected chi connectivity index (χ2v) is 15.1. The highest BCUT2D eigenvalue weighted by molar-refractivity contribution is 7.89. The number of anilines is 1. The number of amides is 2. The van der Waals surface area contributed by atoms with Crippen molar-refractivity contribution < 1.29 is 31.9 Å². The maximum absolute atomic E-state index is 15.4. The third-order valence-corrected chi connectivity index (χ3v) is 10.9. The summed E-state index contributed by atoms with van der Waals surface area (Å²) >= 11 is 6.22. The van der Waals surface area contributed by atoms with Crippen LogP contribution in [0.4, 0.5) is 14.9 Å². The Hall–Kier alpha value is -3.21. The summed E-state index contributed by atoms with van der Waals surface area (Å²) in [4.78, 5) is 27.0. The third kappa shape index (κ3) is 10.4. The first kappa shape index (κ1) is 37.6. The minimum atomic E-state index is -3.57. The van der Waals surface area contributed by atoms with Crippen molar-refractivity contribution in [3.8, 4) is 12.3 Å². The van der Waals surface area contributed by atoms with Crippen molar-refractivity contribution in [2.45, 2.75) is 82.5 Å². The summed E-state index contributed by atoms with van der Waals surface area (Å²) in [6.07, 6.45) is 7.41. The number of benzene rings is 2. The van der Waals surface area contributed by atoms with Crippen molar-refractivity contribution in [1.29, 1.82) is 0 Å². The second kappa shape index (κ2) is 17.4. The number of hydrogen-bond acceptors (Lipinski definition) is 7. The SMILES string of the molecule is C#CC1CCCS(=O)(=O)NC(CCc2c(F)cccc2NC(=O)[C@@H](NC(=O)OC)[C@@H](c2ccc(Cl)cc2)C2CCOC(C(C)C)C2)CN1. The molecule has 2 heterocycles. The molecule has 0 radical (unpaired) electrons. The van der Waals surface area contributed by atoms with Crippen LogP contribution in [-0.2, 0) is 30.7 Å². The topological polar surface area (TPSA) is 135 Å². The lowest BCUT2D eigenvalue weighted by molar-refractivity contribution is -0.119. The van der Waals surface area contributed by atoms with Gasteiger partial charge in [-0.2, -0.15) is 0 Å². The number of methoxy groups -OCH3 is 1. The molecule has 2 fully saturated rings. The standard InChI is InChI=1S/C35H46ClFN4O6S/c1-5-26-8-7-19-48(44,45)41-27(21-38-26)15-16-28-29(37)9-6-10-30(28)39-34(42)33(40-35(43)46-4)32(23-11-13-25(36)14-12-23)24-17-18-47-31(20-24)22(2)3/h1,6,9-14,22,24,26-27,31-33,38,41H,7-8,15-21H2,2-4H3,(H,39,42)(H,40,43)/t24?,26?,27?,31?,32-,33-/m0/s1. The predicted molar refractivity (Wildman–Crippen MR) is 185 cm³/mol. The maximum Gasteiger partial charge on any atom is 0.407 e. The number of rotatable bonds is 10. The van der Waals surface area contributed by atoms with E-state index < -0.39 is 45.8 Å². The Morgan fingerprint density at radius 3 is 2.62 bits per heavy atom. The lowest BCUT2D eigenvalue weighted by Gasteiger charge is -2.39. The Kier molecular flexibility index (Phi) is 13.7. The zero-order chi connectivity index (χ0) is 34.8. The average Bonchev–Trinajstić information content (AvgIpc) is 3.12. The number of carbonyl (C=O) groups excluding carboxylic acids is 2. The number of sulfonamides is 1. The molecule has 2 aliphatic heterocycles. The summed E-state index contributed by atoms with van der Waals surface area (Å²) in [7, 11) is -2.34. The Labute approximate surface area is 288 Å². The van der Waals surface area contributed by atoms with Gasteiger partial charge in [0.1, 0.15) is 11.9 Å². The molecule has 2 amide bonds. The molecule has 4 unspecified atom stereocenters. The summed E-state index contributed by atoms with van der Waals surface area (Å²) in [5.41, 5.74) is 1.23. The zero-order valence-corrected chi connectivity index (χ0v) is 29.2. The molecule has 2 saturated heterocycles. The first-order valence-corrected chi connectivity index (χ1v) is 18.4. The van der Waals surface area contributed by atoms with E-state index in [2.05, 4.69) is 40.4 Å². The molecule has 48 heavy (non-hydrogen) atoms. The summed E-state index contributed by atoms with van der Waals surface area (Å²) in [5.74, 6) is 1.19. The number of ether oxygens (including phenoxy) is 2. The molecule has 13 heteroatoms. The number of halogens is 2. The van der Waals surface area contributed by atoms with Crippen molar-refractivity contribution in [2.75, 3.05) is 31.3 Å². The van der Waals surface area contributed by atoms with E-state index in [1.807, 2.05) is 12.1 Å². The number of carbonyl (C=O) groups is 2. The molecule has 2 aliphatic rings. The van der Waals surface area contributed by atoms with Crippen LogP contribution in [-0.4, -0.2) is 70.7 Å². The number of alkyl carbamates (subject to hydrolysis) is 1. The van der Waals surface area contributed by atoms with E-state index >= 15 is 4.39 Å². The first-order chi connectivity index (χ1) is 22.9. The zero-order valence-electron chi connectivity index (χ0n) is 27.6. The van der Waals surface area contributed by atoms with Crippen LogP contribution >= 0.6 is 11.6 Å². The molecule has 262 valence electrons. The van der Waals surface area contributed by atoms with Gasteiger partial charge in [0.05, 0.1) is 25.0 Å². The van der Waals surface area contributed by atoms with Crippen molar-refractivity contribution in [3.63, 3.8) is 0 Å². The largest absolute Gasteiger partial charge is 0.453 e. The van der Waals surface area contributed by atoms with Crippen molar-refractivity contribution in [3.05, 3.63) is 64.4 Å². The van der Waals surface area contributed by atoms with Crippen LogP contribution < -0.4 is 20.7 Å². The smallest absolute Gasteiger partial charge is 0.407 e. The molecule has 4 rings (SSSR count). The molecule has 6 atom stereocenters. The van der Waals surface area contributed by atoms with E-state index in [0.29, 0.717) is 37.3 Å². The van der Waals surface area contributed by atoms with Gasteiger partial charge in [0.25, 0.3) is 0 Å². The lowest BCUT2D eigenvalue weighted by atomic mass is 9.74. The van der Waals surface area contributed by atoms with Crippen LogP contribution in [0.5, 0.6) is 0 Å². The minimum absolute atomic E-state index is 0.0318. The summed E-state index contributed by atoms with van der Waals surface area (Å²) in [6.45, 7) is 4.93. The predicted octanol–water partition coefficient (Wildman–Crippen LogP) is 4.98. The number of nitrogens with one attached hydrogen (secondary N) is 4. The first-order valence-electron chi connectivity index (χ1n) is 16.4. The fourth-order valence-corrected chi connectivity index (χ4v) is 8.05. The van der Waals surface area contributed by atoms with Gasteiger partial charge in [-0.3, -0.25) is 4.79 Å². The van der Waals surface area contributed by atoms with Gasteiger partial charge in [-0.05, 0) is 80.2 Å². The Morgan fingerprint density at radius 1 is 1.19 bits per heavy atom. The number of hydrogen-bond donors (Lipinski definition) is 4. The molecule has 0 aromatic heterocycles. The van der Waals surface area contributed by atoms with Crippen molar-refractivity contribution >= 4 is 39.3 Å². The lowest BCUT2D eigenvalue weighted by Crippen LogP contribution is -2.50. The highest BCUT2D eigenvalue weighted by Gasteiger charge is 2.40. The van der Waals surface area contributed by atoms with Crippen molar-refractivity contribution in [1.82, 2.24) is 15.4 Å². The highest BCUT2D eigenvalue weighted by Crippen LogP contribution is 2.39. The molecule has 10 nitrogen and oxygen atoms in total. The van der Waals surface area contributed by atoms with Crippen LogP contribution in [0, 0.1) is 30.0 Å². The average molecular weight is 705 g/mol. The van der Waals surface area contributed by atoms with Gasteiger partial charge < -0.3 is 25.4 Å². The van der Waals surface area contributed by atoms with E-state index in [4.69, 9.17) is 27.5 Å². The molecular formula is C35H46ClFN4O6S. The van der Waals surface area contributed by atoms with Crippen LogP contribution in [0.1, 0.15) is 63.0 Å². The van der Waals surface area contributed by atoms with Crippen LogP contribution in [0.25, 0.3) is 0 Å². The van der Waals surface area contributed by atoms with E-state index in [-0.39, 0.29) is 60.4 Å². The van der Waals surface area contributed by atoms with Gasteiger partial charge in [-0.15, -0.1) is 6.42 Å². The molecule has 0 spiro atoms.